The Bertz CT molecular complexity index is 1150. The number of pyridine rings is 2. The number of likely N-dealkylation sites (N-methyl/N-ethyl adjacent to an activating group) is 2. The monoisotopic (exact) mass is 586 g/mol. The first-order chi connectivity index (χ1) is 19.5. The SMILES string of the molecule is C.CCN(CCN(C)C)C(=O)CCCc1cc(C(=O)OC(C)CC(C)=O)ccn1.CCOC(=O)c1ccnc(C=O)c1. The van der Waals surface area contributed by atoms with Crippen molar-refractivity contribution < 1.29 is 33.4 Å². The number of carbonyl (C=O) groups is 5. The van der Waals surface area contributed by atoms with Crippen LogP contribution in [0.25, 0.3) is 0 Å². The molecule has 0 aliphatic carbocycles. The minimum absolute atomic E-state index is 0. The van der Waals surface area contributed by atoms with Gasteiger partial charge >= 0.3 is 11.9 Å². The maximum Gasteiger partial charge on any atom is 0.338 e. The predicted octanol–water partition coefficient (Wildman–Crippen LogP) is 4.05. The van der Waals surface area contributed by atoms with Crippen LogP contribution in [-0.4, -0.2) is 96.1 Å². The van der Waals surface area contributed by atoms with Gasteiger partial charge in [-0.2, -0.15) is 0 Å². The van der Waals surface area contributed by atoms with Crippen molar-refractivity contribution in [2.24, 2.45) is 0 Å². The zero-order valence-electron chi connectivity index (χ0n) is 24.9. The lowest BCUT2D eigenvalue weighted by Crippen LogP contribution is -2.36. The van der Waals surface area contributed by atoms with Gasteiger partial charge in [0.2, 0.25) is 5.91 Å². The van der Waals surface area contributed by atoms with Crippen LogP contribution in [0, 0.1) is 0 Å². The molecule has 0 N–H and O–H groups in total. The van der Waals surface area contributed by atoms with Gasteiger partial charge in [0, 0.05) is 50.6 Å². The van der Waals surface area contributed by atoms with E-state index < -0.39 is 18.0 Å². The van der Waals surface area contributed by atoms with Gasteiger partial charge in [0.15, 0.2) is 6.29 Å². The van der Waals surface area contributed by atoms with Gasteiger partial charge in [-0.3, -0.25) is 24.4 Å². The second-order valence-electron chi connectivity index (χ2n) is 9.60. The van der Waals surface area contributed by atoms with Crippen LogP contribution in [0.2, 0.25) is 0 Å². The molecule has 0 radical (unpaired) electrons. The van der Waals surface area contributed by atoms with E-state index in [1.165, 1.54) is 25.3 Å². The molecular weight excluding hydrogens is 540 g/mol. The average molecular weight is 587 g/mol. The lowest BCUT2D eigenvalue weighted by atomic mass is 10.1. The Kier molecular flexibility index (Phi) is 18.8. The topological polar surface area (TPSA) is 136 Å². The number of esters is 2. The quantitative estimate of drug-likeness (QED) is 0.222. The summed E-state index contributed by atoms with van der Waals surface area (Å²) < 4.78 is 10.0. The summed E-state index contributed by atoms with van der Waals surface area (Å²) >= 11 is 0. The zero-order chi connectivity index (χ0) is 30.8. The number of carbonyl (C=O) groups excluding carboxylic acids is 5. The minimum Gasteiger partial charge on any atom is -0.462 e. The molecule has 1 unspecified atom stereocenters. The molecule has 0 spiro atoms. The number of aromatic nitrogens is 2. The van der Waals surface area contributed by atoms with E-state index in [4.69, 9.17) is 9.47 Å². The Labute approximate surface area is 249 Å². The number of amides is 1. The van der Waals surface area contributed by atoms with E-state index in [1.807, 2.05) is 25.9 Å². The fraction of sp³-hybridized carbons (Fsp3) is 0.516. The Morgan fingerprint density at radius 1 is 0.976 bits per heavy atom. The standard InChI is InChI=1S/C21H33N3O4.C9H9NO3.CH4/c1-6-24(13-12-23(4)5)20(26)9-7-8-19-15-18(10-11-22-19)21(27)28-17(3)14-16(2)25;1-2-13-9(12)7-3-4-10-8(5-7)6-11;/h10-11,15,17H,6-9,12-14H2,1-5H3;3-6H,2H2,1H3;1H4. The van der Waals surface area contributed by atoms with Gasteiger partial charge in [-0.05, 0) is 78.9 Å². The summed E-state index contributed by atoms with van der Waals surface area (Å²) in [4.78, 5) is 69.0. The van der Waals surface area contributed by atoms with Crippen LogP contribution in [0.3, 0.4) is 0 Å². The summed E-state index contributed by atoms with van der Waals surface area (Å²) in [6, 6.07) is 6.18. The van der Waals surface area contributed by atoms with Crippen LogP contribution < -0.4 is 0 Å². The largest absolute Gasteiger partial charge is 0.462 e. The molecule has 2 rings (SSSR count). The number of aldehydes is 1. The van der Waals surface area contributed by atoms with E-state index >= 15 is 0 Å². The molecule has 1 amide bonds. The van der Waals surface area contributed by atoms with Gasteiger partial charge in [-0.25, -0.2) is 9.59 Å². The van der Waals surface area contributed by atoms with E-state index in [1.54, 1.807) is 32.2 Å². The van der Waals surface area contributed by atoms with Gasteiger partial charge in [0.05, 0.1) is 17.7 Å². The summed E-state index contributed by atoms with van der Waals surface area (Å²) in [5.41, 5.74) is 1.73. The van der Waals surface area contributed by atoms with Crippen LogP contribution in [-0.2, 0) is 25.5 Å². The lowest BCUT2D eigenvalue weighted by molar-refractivity contribution is -0.131. The van der Waals surface area contributed by atoms with Crippen molar-refractivity contribution in [3.63, 3.8) is 0 Å². The molecule has 0 fully saturated rings. The molecule has 232 valence electrons. The van der Waals surface area contributed by atoms with Crippen molar-refractivity contribution in [1.29, 1.82) is 0 Å². The molecule has 0 saturated heterocycles. The Balaban J connectivity index is 0.00000100. The van der Waals surface area contributed by atoms with Gasteiger partial charge in [0.1, 0.15) is 17.6 Å². The first-order valence-corrected chi connectivity index (χ1v) is 13.7. The highest BCUT2D eigenvalue weighted by Crippen LogP contribution is 2.11. The first-order valence-electron chi connectivity index (χ1n) is 13.7. The second kappa shape index (κ2) is 20.8. The molecule has 2 aromatic heterocycles. The van der Waals surface area contributed by atoms with Crippen LogP contribution in [0.5, 0.6) is 0 Å². The molecule has 0 saturated carbocycles. The second-order valence-corrected chi connectivity index (χ2v) is 9.60. The molecule has 11 nitrogen and oxygen atoms in total. The Morgan fingerprint density at radius 3 is 2.19 bits per heavy atom. The summed E-state index contributed by atoms with van der Waals surface area (Å²) in [6.07, 6.45) is 5.03. The van der Waals surface area contributed by atoms with Gasteiger partial charge in [-0.1, -0.05) is 7.43 Å². The van der Waals surface area contributed by atoms with Crippen LogP contribution >= 0.6 is 0 Å². The molecule has 11 heteroatoms. The molecule has 0 aromatic carbocycles. The number of hydrogen-bond donors (Lipinski definition) is 0. The Hall–Kier alpha value is -3.99. The third-order valence-electron chi connectivity index (χ3n) is 5.72. The van der Waals surface area contributed by atoms with Crippen molar-refractivity contribution >= 4 is 29.9 Å². The fourth-order valence-corrected chi connectivity index (χ4v) is 3.65. The summed E-state index contributed by atoms with van der Waals surface area (Å²) in [7, 11) is 3.98. The fourth-order valence-electron chi connectivity index (χ4n) is 3.65. The van der Waals surface area contributed by atoms with Crippen LogP contribution in [0.15, 0.2) is 36.7 Å². The van der Waals surface area contributed by atoms with E-state index in [0.717, 1.165) is 18.8 Å². The Morgan fingerprint density at radius 2 is 1.62 bits per heavy atom. The highest BCUT2D eigenvalue weighted by molar-refractivity contribution is 5.91. The van der Waals surface area contributed by atoms with Crippen molar-refractivity contribution in [3.05, 3.63) is 59.2 Å². The summed E-state index contributed by atoms with van der Waals surface area (Å²) in [6.45, 7) is 9.45. The smallest absolute Gasteiger partial charge is 0.338 e. The van der Waals surface area contributed by atoms with E-state index in [2.05, 4.69) is 14.9 Å². The summed E-state index contributed by atoms with van der Waals surface area (Å²) in [5.74, 6) is -0.785. The van der Waals surface area contributed by atoms with Gasteiger partial charge < -0.3 is 19.3 Å². The highest BCUT2D eigenvalue weighted by atomic mass is 16.5. The van der Waals surface area contributed by atoms with Crippen molar-refractivity contribution in [1.82, 2.24) is 19.8 Å². The number of aryl methyl sites for hydroxylation is 1. The molecule has 2 aromatic rings. The lowest BCUT2D eigenvalue weighted by Gasteiger charge is -2.22. The molecular formula is C31H46N4O7. The number of ether oxygens (including phenoxy) is 2. The number of hydrogen-bond acceptors (Lipinski definition) is 10. The third kappa shape index (κ3) is 15.1. The number of rotatable bonds is 15. The van der Waals surface area contributed by atoms with Crippen LogP contribution in [0.4, 0.5) is 0 Å². The van der Waals surface area contributed by atoms with E-state index in [9.17, 15) is 24.0 Å². The van der Waals surface area contributed by atoms with Gasteiger partial charge in [-0.15, -0.1) is 0 Å². The van der Waals surface area contributed by atoms with E-state index in [-0.39, 0.29) is 31.2 Å². The van der Waals surface area contributed by atoms with Crippen molar-refractivity contribution in [2.75, 3.05) is 40.3 Å². The number of nitrogens with zero attached hydrogens (tertiary/aromatic N) is 4. The molecule has 42 heavy (non-hydrogen) atoms. The average Bonchev–Trinajstić information content (AvgIpc) is 2.93. The predicted molar refractivity (Wildman–Crippen MR) is 160 cm³/mol. The molecule has 1 atom stereocenters. The third-order valence-corrected chi connectivity index (χ3v) is 5.72. The molecule has 0 bridgehead atoms. The number of Topliss-reactive ketones (excluding diaryl/α,β-unsaturated/α-hetero) is 1. The normalized spacial score (nSPS) is 10.8. The van der Waals surface area contributed by atoms with Crippen molar-refractivity contribution in [3.8, 4) is 0 Å². The van der Waals surface area contributed by atoms with E-state index in [0.29, 0.717) is 49.8 Å². The molecule has 2 heterocycles. The van der Waals surface area contributed by atoms with Crippen LogP contribution in [0.1, 0.15) is 91.3 Å². The maximum absolute atomic E-state index is 12.3. The highest BCUT2D eigenvalue weighted by Gasteiger charge is 2.15. The number of ketones is 1. The minimum atomic E-state index is -0.464. The summed E-state index contributed by atoms with van der Waals surface area (Å²) in [5, 5.41) is 0. The molecule has 0 aliphatic rings. The maximum atomic E-state index is 12.3. The zero-order valence-corrected chi connectivity index (χ0v) is 24.9. The first kappa shape index (κ1) is 38.0. The van der Waals surface area contributed by atoms with Gasteiger partial charge in [0.25, 0.3) is 0 Å². The molecule has 0 aliphatic heterocycles. The van der Waals surface area contributed by atoms with Crippen molar-refractivity contribution in [2.45, 2.75) is 66.9 Å².